The third-order valence-electron chi connectivity index (χ3n) is 11.1. The zero-order chi connectivity index (χ0) is 40.4. The Hall–Kier alpha value is -7.55. The number of rotatable bonds is 12. The lowest BCUT2D eigenvalue weighted by Gasteiger charge is -2.25. The second-order valence-corrected chi connectivity index (χ2v) is 14.8. The maximum absolute atomic E-state index is 5.06. The summed E-state index contributed by atoms with van der Waals surface area (Å²) in [6.45, 7) is -0.143. The molecule has 0 spiro atoms. The highest BCUT2D eigenvalue weighted by Crippen LogP contribution is 2.37. The topological polar surface area (TPSA) is 25.8 Å². The third-order valence-corrected chi connectivity index (χ3v) is 11.1. The molecule has 0 unspecified atom stereocenters. The molecule has 4 heteroatoms. The van der Waals surface area contributed by atoms with Crippen LogP contribution < -0.4 is 21.9 Å². The summed E-state index contributed by atoms with van der Waals surface area (Å²) in [6.07, 6.45) is 3.79. The van der Waals surface area contributed by atoms with Crippen molar-refractivity contribution in [1.29, 1.82) is 0 Å². The predicted octanol–water partition coefficient (Wildman–Crippen LogP) is 10.1. The molecule has 60 heavy (non-hydrogen) atoms. The minimum Gasteiger partial charge on any atom is -0.256 e. The number of hydrogen-bond donors (Lipinski definition) is 0. The van der Waals surface area contributed by atoms with Gasteiger partial charge in [0.2, 0.25) is 13.4 Å². The van der Waals surface area contributed by atoms with Crippen molar-refractivity contribution < 1.29 is 0 Å². The molecule has 282 valence electrons. The Kier molecular flexibility index (Phi) is 11.6. The molecule has 0 saturated carbocycles. The van der Waals surface area contributed by atoms with Gasteiger partial charge in [-0.1, -0.05) is 251 Å². The highest BCUT2D eigenvalue weighted by atomic mass is 14.7. The minimum absolute atomic E-state index is 0.0716. The van der Waals surface area contributed by atoms with Gasteiger partial charge in [0.1, 0.15) is 0 Å². The molecule has 0 amide bonds. The molecule has 0 fully saturated rings. The van der Waals surface area contributed by atoms with Crippen LogP contribution in [-0.2, 0) is 0 Å². The second kappa shape index (κ2) is 18.4. The van der Waals surface area contributed by atoms with Crippen molar-refractivity contribution in [2.75, 3.05) is 0 Å². The number of pyridine rings is 2. The summed E-state index contributed by atoms with van der Waals surface area (Å²) in [6, 6.07) is 86.5. The van der Waals surface area contributed by atoms with Crippen molar-refractivity contribution >= 4 is 57.4 Å². The largest absolute Gasteiger partial charge is 0.256 e. The average Bonchev–Trinajstić information content (AvgIpc) is 3.34. The molecule has 9 rings (SSSR count). The first-order chi connectivity index (χ1) is 29.8. The summed E-state index contributed by atoms with van der Waals surface area (Å²) in [7, 11) is 0. The SMILES string of the molecule is c1ccc(B(/C(=C(/c2ccc(/C(=C(/B(c3ccccc3)c3ccccc3)c3ccccc3)c3ccccn3)cc2)c2ccccn2)c2ccccc2)c2ccccc2)cc1. The van der Waals surface area contributed by atoms with E-state index in [1.165, 1.54) is 32.8 Å². The third kappa shape index (κ3) is 8.23. The van der Waals surface area contributed by atoms with Crippen LogP contribution >= 0.6 is 0 Å². The van der Waals surface area contributed by atoms with E-state index in [4.69, 9.17) is 9.97 Å². The maximum Gasteiger partial charge on any atom is 0.242 e. The van der Waals surface area contributed by atoms with Gasteiger partial charge < -0.3 is 0 Å². The van der Waals surface area contributed by atoms with Crippen molar-refractivity contribution in [3.8, 4) is 0 Å². The first-order valence-corrected chi connectivity index (χ1v) is 20.6. The van der Waals surface area contributed by atoms with Crippen molar-refractivity contribution in [1.82, 2.24) is 9.97 Å². The van der Waals surface area contributed by atoms with Crippen LogP contribution in [0.25, 0.3) is 22.1 Å². The fourth-order valence-electron chi connectivity index (χ4n) is 8.49. The van der Waals surface area contributed by atoms with Crippen LogP contribution in [0, 0.1) is 0 Å². The molecule has 0 aliphatic carbocycles. The standard InChI is InChI=1S/C56H42B2N2/c1-7-23-45(24-8-1)55(57(47-27-11-3-12-28-47)48-29-13-4-14-30-48)53(51-35-19-21-41-59-51)43-37-39-44(40-38-43)54(52-36-20-22-42-60-52)56(46-25-9-2-10-26-46)58(49-31-15-5-16-32-49)50-33-17-6-18-34-50/h1-42H/b55-53-,56-54-. The summed E-state index contributed by atoms with van der Waals surface area (Å²) < 4.78 is 0. The molecule has 2 heterocycles. The van der Waals surface area contributed by atoms with E-state index < -0.39 is 0 Å². The molecular formula is C56H42B2N2. The molecule has 0 saturated heterocycles. The van der Waals surface area contributed by atoms with Gasteiger partial charge in [0.05, 0.1) is 11.4 Å². The van der Waals surface area contributed by atoms with Gasteiger partial charge in [-0.15, -0.1) is 0 Å². The second-order valence-electron chi connectivity index (χ2n) is 14.8. The Morgan fingerprint density at radius 1 is 0.250 bits per heavy atom. The lowest BCUT2D eigenvalue weighted by atomic mass is 9.34. The molecule has 0 aliphatic heterocycles. The monoisotopic (exact) mass is 764 g/mol. The van der Waals surface area contributed by atoms with E-state index in [2.05, 4.69) is 231 Å². The van der Waals surface area contributed by atoms with Crippen LogP contribution in [0.4, 0.5) is 0 Å². The fourth-order valence-corrected chi connectivity index (χ4v) is 8.49. The fraction of sp³-hybridized carbons (Fsp3) is 0. The van der Waals surface area contributed by atoms with E-state index in [9.17, 15) is 0 Å². The predicted molar refractivity (Wildman–Crippen MR) is 255 cm³/mol. The smallest absolute Gasteiger partial charge is 0.242 e. The Labute approximate surface area is 354 Å². The van der Waals surface area contributed by atoms with Gasteiger partial charge in [-0.3, -0.25) is 9.97 Å². The van der Waals surface area contributed by atoms with E-state index in [1.54, 1.807) is 0 Å². The molecule has 0 radical (unpaired) electrons. The molecule has 2 nitrogen and oxygen atoms in total. The number of benzene rings is 7. The van der Waals surface area contributed by atoms with Crippen molar-refractivity contribution in [3.05, 3.63) is 289 Å². The van der Waals surface area contributed by atoms with E-state index in [0.29, 0.717) is 0 Å². The summed E-state index contributed by atoms with van der Waals surface area (Å²) in [5.74, 6) is 0. The van der Waals surface area contributed by atoms with Crippen molar-refractivity contribution in [2.24, 2.45) is 0 Å². The summed E-state index contributed by atoms with van der Waals surface area (Å²) in [5.41, 5.74) is 15.7. The molecule has 9 aromatic rings. The molecule has 0 aliphatic rings. The highest BCUT2D eigenvalue weighted by molar-refractivity contribution is 7.01. The van der Waals surface area contributed by atoms with E-state index in [0.717, 1.165) is 44.8 Å². The lowest BCUT2D eigenvalue weighted by Crippen LogP contribution is -2.44. The minimum atomic E-state index is -0.0716. The van der Waals surface area contributed by atoms with Crippen LogP contribution in [0.3, 0.4) is 0 Å². The summed E-state index contributed by atoms with van der Waals surface area (Å²) in [5, 5.41) is 0. The summed E-state index contributed by atoms with van der Waals surface area (Å²) in [4.78, 5) is 10.1. The zero-order valence-corrected chi connectivity index (χ0v) is 33.3. The molecular weight excluding hydrogens is 722 g/mol. The number of aromatic nitrogens is 2. The number of hydrogen-bond acceptors (Lipinski definition) is 2. The quantitative estimate of drug-likeness (QED) is 0.0915. The first-order valence-electron chi connectivity index (χ1n) is 20.6. The van der Waals surface area contributed by atoms with Crippen LogP contribution in [0.15, 0.2) is 255 Å². The van der Waals surface area contributed by atoms with Gasteiger partial charge in [-0.2, -0.15) is 0 Å². The van der Waals surface area contributed by atoms with Crippen LogP contribution in [-0.4, -0.2) is 23.4 Å². The van der Waals surface area contributed by atoms with Gasteiger partial charge >= 0.3 is 0 Å². The number of nitrogens with zero attached hydrogens (tertiary/aromatic N) is 2. The van der Waals surface area contributed by atoms with Gasteiger partial charge in [-0.25, -0.2) is 0 Å². The molecule has 7 aromatic carbocycles. The molecule has 0 bridgehead atoms. The Morgan fingerprint density at radius 2 is 0.517 bits per heavy atom. The van der Waals surface area contributed by atoms with Crippen LogP contribution in [0.2, 0.25) is 0 Å². The Balaban J connectivity index is 1.33. The highest BCUT2D eigenvalue weighted by Gasteiger charge is 2.31. The Bertz CT molecular complexity index is 2520. The Morgan fingerprint density at radius 3 is 0.783 bits per heavy atom. The van der Waals surface area contributed by atoms with Gasteiger partial charge in [0.15, 0.2) is 0 Å². The molecule has 0 atom stereocenters. The van der Waals surface area contributed by atoms with Crippen molar-refractivity contribution in [3.63, 3.8) is 0 Å². The van der Waals surface area contributed by atoms with Crippen LogP contribution in [0.1, 0.15) is 33.6 Å². The van der Waals surface area contributed by atoms with E-state index in [1.807, 2.05) is 24.5 Å². The van der Waals surface area contributed by atoms with E-state index in [-0.39, 0.29) is 13.4 Å². The molecule has 2 aromatic heterocycles. The van der Waals surface area contributed by atoms with Gasteiger partial charge in [-0.05, 0) is 46.5 Å². The zero-order valence-electron chi connectivity index (χ0n) is 33.3. The van der Waals surface area contributed by atoms with Crippen molar-refractivity contribution in [2.45, 2.75) is 0 Å². The van der Waals surface area contributed by atoms with Crippen LogP contribution in [0.5, 0.6) is 0 Å². The normalized spacial score (nSPS) is 11.9. The summed E-state index contributed by atoms with van der Waals surface area (Å²) >= 11 is 0. The maximum atomic E-state index is 5.06. The van der Waals surface area contributed by atoms with E-state index >= 15 is 0 Å². The lowest BCUT2D eigenvalue weighted by molar-refractivity contribution is 1.27. The van der Waals surface area contributed by atoms with Gasteiger partial charge in [0.25, 0.3) is 0 Å². The molecule has 0 N–H and O–H groups in total. The van der Waals surface area contributed by atoms with Gasteiger partial charge in [0, 0.05) is 23.5 Å². The average molecular weight is 765 g/mol. The first kappa shape index (κ1) is 38.0.